The number of rotatable bonds is 5. The van der Waals surface area contributed by atoms with Crippen LogP contribution >= 0.6 is 23.2 Å². The summed E-state index contributed by atoms with van der Waals surface area (Å²) < 4.78 is 10.4. The lowest BCUT2D eigenvalue weighted by Crippen LogP contribution is -2.34. The number of alkyl carbamates (subject to hydrolysis) is 1. The molecule has 0 aliphatic heterocycles. The highest BCUT2D eigenvalue weighted by molar-refractivity contribution is 6.37. The average molecular weight is 350 g/mol. The lowest BCUT2D eigenvalue weighted by atomic mass is 10.2. The third kappa shape index (κ3) is 5.99. The molecule has 1 amide bonds. The van der Waals surface area contributed by atoms with E-state index in [9.17, 15) is 9.59 Å². The fourth-order valence-electron chi connectivity index (χ4n) is 1.44. The van der Waals surface area contributed by atoms with E-state index in [0.717, 1.165) is 0 Å². The van der Waals surface area contributed by atoms with E-state index in [1.165, 1.54) is 12.1 Å². The van der Waals surface area contributed by atoms with Crippen LogP contribution in [0, 0.1) is 0 Å². The molecule has 0 aliphatic carbocycles. The number of amides is 1. The standard InChI is InChI=1S/C14H17Cl2NO5/c1-14(2,3)22-13(20)17-4-5-21-11-9(15)6-8(12(18)19)7-10(11)16/h6-7H,4-5H2,1-3H3,(H,17,20)(H,18,19). The van der Waals surface area contributed by atoms with E-state index in [0.29, 0.717) is 0 Å². The Morgan fingerprint density at radius 1 is 1.23 bits per heavy atom. The number of hydrogen-bond donors (Lipinski definition) is 2. The summed E-state index contributed by atoms with van der Waals surface area (Å²) in [6, 6.07) is 2.48. The van der Waals surface area contributed by atoms with Gasteiger partial charge in [-0.3, -0.25) is 0 Å². The van der Waals surface area contributed by atoms with Crippen LogP contribution in [0.1, 0.15) is 31.1 Å². The van der Waals surface area contributed by atoms with Crippen LogP contribution in [0.5, 0.6) is 5.75 Å². The molecule has 0 aromatic heterocycles. The summed E-state index contributed by atoms with van der Waals surface area (Å²) in [7, 11) is 0. The zero-order valence-corrected chi connectivity index (χ0v) is 13.9. The molecule has 1 aromatic carbocycles. The third-order valence-electron chi connectivity index (χ3n) is 2.26. The van der Waals surface area contributed by atoms with Crippen molar-refractivity contribution in [1.29, 1.82) is 0 Å². The van der Waals surface area contributed by atoms with Crippen molar-refractivity contribution in [2.75, 3.05) is 13.2 Å². The fourth-order valence-corrected chi connectivity index (χ4v) is 2.04. The van der Waals surface area contributed by atoms with Gasteiger partial charge >= 0.3 is 12.1 Å². The molecule has 0 spiro atoms. The van der Waals surface area contributed by atoms with Gasteiger partial charge in [0.15, 0.2) is 5.75 Å². The van der Waals surface area contributed by atoms with Crippen LogP contribution in [-0.4, -0.2) is 35.9 Å². The molecule has 0 bridgehead atoms. The molecule has 6 nitrogen and oxygen atoms in total. The number of nitrogens with one attached hydrogen (secondary N) is 1. The van der Waals surface area contributed by atoms with Crippen molar-refractivity contribution in [3.63, 3.8) is 0 Å². The number of ether oxygens (including phenoxy) is 2. The maximum absolute atomic E-state index is 11.4. The Hall–Kier alpha value is -1.66. The molecule has 0 atom stereocenters. The summed E-state index contributed by atoms with van der Waals surface area (Å²) in [6.45, 7) is 5.55. The Balaban J connectivity index is 2.52. The van der Waals surface area contributed by atoms with Gasteiger partial charge in [-0.15, -0.1) is 0 Å². The number of halogens is 2. The summed E-state index contributed by atoms with van der Waals surface area (Å²) in [6.07, 6.45) is -0.561. The van der Waals surface area contributed by atoms with Gasteiger partial charge in [0.1, 0.15) is 12.2 Å². The minimum absolute atomic E-state index is 0.0331. The van der Waals surface area contributed by atoms with Crippen LogP contribution in [0.2, 0.25) is 10.0 Å². The van der Waals surface area contributed by atoms with Gasteiger partial charge in [-0.25, -0.2) is 9.59 Å². The molecule has 2 N–H and O–H groups in total. The number of carboxylic acid groups (broad SMARTS) is 1. The molecule has 0 saturated carbocycles. The highest BCUT2D eigenvalue weighted by Gasteiger charge is 2.16. The van der Waals surface area contributed by atoms with Crippen molar-refractivity contribution in [3.8, 4) is 5.75 Å². The first-order valence-corrected chi connectivity index (χ1v) is 7.18. The normalized spacial score (nSPS) is 11.0. The molecule has 1 rings (SSSR count). The van der Waals surface area contributed by atoms with Crippen LogP contribution < -0.4 is 10.1 Å². The van der Waals surface area contributed by atoms with Gasteiger partial charge < -0.3 is 19.9 Å². The van der Waals surface area contributed by atoms with Gasteiger partial charge in [-0.2, -0.15) is 0 Å². The Morgan fingerprint density at radius 3 is 2.23 bits per heavy atom. The molecule has 0 unspecified atom stereocenters. The first kappa shape index (κ1) is 18.4. The van der Waals surface area contributed by atoms with Crippen LogP contribution in [0.15, 0.2) is 12.1 Å². The fraction of sp³-hybridized carbons (Fsp3) is 0.429. The monoisotopic (exact) mass is 349 g/mol. The minimum atomic E-state index is -1.14. The Morgan fingerprint density at radius 2 is 1.77 bits per heavy atom. The minimum Gasteiger partial charge on any atom is -0.489 e. The van der Waals surface area contributed by atoms with Gasteiger partial charge in [0.25, 0.3) is 0 Å². The predicted octanol–water partition coefficient (Wildman–Crippen LogP) is 3.60. The molecular formula is C14H17Cl2NO5. The van der Waals surface area contributed by atoms with E-state index in [-0.39, 0.29) is 34.5 Å². The number of aromatic carboxylic acids is 1. The molecule has 0 aliphatic rings. The van der Waals surface area contributed by atoms with E-state index in [1.54, 1.807) is 20.8 Å². The summed E-state index contributed by atoms with van der Waals surface area (Å²) in [5, 5.41) is 11.6. The molecule has 122 valence electrons. The number of benzene rings is 1. The molecule has 0 radical (unpaired) electrons. The first-order chi connectivity index (χ1) is 10.1. The maximum atomic E-state index is 11.4. The highest BCUT2D eigenvalue weighted by atomic mass is 35.5. The van der Waals surface area contributed by atoms with E-state index in [4.69, 9.17) is 37.8 Å². The smallest absolute Gasteiger partial charge is 0.407 e. The molecule has 22 heavy (non-hydrogen) atoms. The largest absolute Gasteiger partial charge is 0.489 e. The molecule has 1 aromatic rings. The average Bonchev–Trinajstić information content (AvgIpc) is 2.34. The summed E-state index contributed by atoms with van der Waals surface area (Å²) >= 11 is 11.8. The van der Waals surface area contributed by atoms with Crippen molar-refractivity contribution < 1.29 is 24.2 Å². The van der Waals surface area contributed by atoms with Crippen LogP contribution in [0.4, 0.5) is 4.79 Å². The van der Waals surface area contributed by atoms with Crippen molar-refractivity contribution in [2.24, 2.45) is 0 Å². The molecular weight excluding hydrogens is 333 g/mol. The van der Waals surface area contributed by atoms with Crippen LogP contribution in [-0.2, 0) is 4.74 Å². The summed E-state index contributed by atoms with van der Waals surface area (Å²) in [5.41, 5.74) is -0.612. The number of hydrogen-bond acceptors (Lipinski definition) is 4. The lowest BCUT2D eigenvalue weighted by molar-refractivity contribution is 0.0519. The van der Waals surface area contributed by atoms with Gasteiger partial charge in [0, 0.05) is 0 Å². The van der Waals surface area contributed by atoms with Gasteiger partial charge in [-0.1, -0.05) is 23.2 Å². The van der Waals surface area contributed by atoms with Crippen LogP contribution in [0.3, 0.4) is 0 Å². The second-order valence-corrected chi connectivity index (χ2v) is 6.17. The second-order valence-electron chi connectivity index (χ2n) is 5.35. The van der Waals surface area contributed by atoms with Crippen molar-refractivity contribution in [2.45, 2.75) is 26.4 Å². The number of carbonyl (C=O) groups excluding carboxylic acids is 1. The van der Waals surface area contributed by atoms with E-state index in [2.05, 4.69) is 5.32 Å². The molecule has 8 heteroatoms. The Bertz CT molecular complexity index is 546. The first-order valence-electron chi connectivity index (χ1n) is 6.42. The SMILES string of the molecule is CC(C)(C)OC(=O)NCCOc1c(Cl)cc(C(=O)O)cc1Cl. The van der Waals surface area contributed by atoms with Crippen molar-refractivity contribution >= 4 is 35.3 Å². The number of carbonyl (C=O) groups is 2. The zero-order chi connectivity index (χ0) is 16.9. The summed E-state index contributed by atoms with van der Waals surface area (Å²) in [4.78, 5) is 22.3. The van der Waals surface area contributed by atoms with Gasteiger partial charge in [-0.05, 0) is 32.9 Å². The lowest BCUT2D eigenvalue weighted by Gasteiger charge is -2.19. The van der Waals surface area contributed by atoms with E-state index < -0.39 is 17.7 Å². The Kier molecular flexibility index (Phi) is 6.32. The Labute approximate surface area is 138 Å². The van der Waals surface area contributed by atoms with Crippen molar-refractivity contribution in [1.82, 2.24) is 5.32 Å². The third-order valence-corrected chi connectivity index (χ3v) is 2.82. The topological polar surface area (TPSA) is 84.9 Å². The van der Waals surface area contributed by atoms with Crippen LogP contribution in [0.25, 0.3) is 0 Å². The van der Waals surface area contributed by atoms with Gasteiger partial charge in [0.2, 0.25) is 0 Å². The van der Waals surface area contributed by atoms with E-state index in [1.807, 2.05) is 0 Å². The zero-order valence-electron chi connectivity index (χ0n) is 12.4. The highest BCUT2D eigenvalue weighted by Crippen LogP contribution is 2.34. The molecule has 0 saturated heterocycles. The maximum Gasteiger partial charge on any atom is 0.407 e. The predicted molar refractivity (Wildman–Crippen MR) is 83.2 cm³/mol. The molecule has 0 fully saturated rings. The summed E-state index contributed by atoms with van der Waals surface area (Å²) in [5.74, 6) is -0.971. The van der Waals surface area contributed by atoms with Gasteiger partial charge in [0.05, 0.1) is 22.2 Å². The van der Waals surface area contributed by atoms with Crippen molar-refractivity contribution in [3.05, 3.63) is 27.7 Å². The second kappa shape index (κ2) is 7.56. The van der Waals surface area contributed by atoms with E-state index >= 15 is 0 Å². The molecule has 0 heterocycles. The number of carboxylic acids is 1. The quantitative estimate of drug-likeness (QED) is 0.793.